The van der Waals surface area contributed by atoms with Gasteiger partial charge in [-0.15, -0.1) is 0 Å². The smallest absolute Gasteiger partial charge is 0.315 e. The maximum atomic E-state index is 12.3. The number of H-pyrrole nitrogens is 1. The van der Waals surface area contributed by atoms with Crippen LogP contribution >= 0.6 is 12.2 Å². The van der Waals surface area contributed by atoms with Gasteiger partial charge >= 0.3 is 6.03 Å². The number of aromatic amines is 1. The number of benzene rings is 1. The van der Waals surface area contributed by atoms with Crippen molar-refractivity contribution in [2.24, 2.45) is 5.73 Å². The molecular weight excluding hydrogens is 292 g/mol. The first-order chi connectivity index (χ1) is 10.0. The summed E-state index contributed by atoms with van der Waals surface area (Å²) in [6.45, 7) is 0.513. The number of fused-ring (bicyclic) bond motifs is 1. The Balaban J connectivity index is 1.79. The summed E-state index contributed by atoms with van der Waals surface area (Å²) < 4.78 is 5.30. The van der Waals surface area contributed by atoms with E-state index in [9.17, 15) is 9.59 Å². The molecule has 1 aromatic carbocycles. The van der Waals surface area contributed by atoms with Gasteiger partial charge in [0.1, 0.15) is 6.04 Å². The number of urea groups is 1. The number of oxazole rings is 1. The number of rotatable bonds is 2. The molecule has 0 radical (unpaired) electrons. The third-order valence-electron chi connectivity index (χ3n) is 3.53. The SMILES string of the molecule is NC(=O)N1CCC[C@H]1C(=O)Nc1ccc2[nH]c(=S)oc2c1. The molecule has 1 saturated heterocycles. The number of aromatic nitrogens is 1. The highest BCUT2D eigenvalue weighted by atomic mass is 32.1. The first-order valence-electron chi connectivity index (χ1n) is 6.54. The van der Waals surface area contributed by atoms with Crippen molar-refractivity contribution in [3.8, 4) is 0 Å². The van der Waals surface area contributed by atoms with E-state index in [4.69, 9.17) is 22.4 Å². The molecule has 1 aromatic heterocycles. The quantitative estimate of drug-likeness (QED) is 0.738. The second-order valence-corrected chi connectivity index (χ2v) is 5.28. The predicted molar refractivity (Wildman–Crippen MR) is 79.3 cm³/mol. The number of primary amides is 1. The Hall–Kier alpha value is -2.35. The minimum atomic E-state index is -0.570. The van der Waals surface area contributed by atoms with Gasteiger partial charge in [0.2, 0.25) is 5.91 Å². The van der Waals surface area contributed by atoms with Crippen LogP contribution in [0.25, 0.3) is 11.1 Å². The number of amides is 3. The van der Waals surface area contributed by atoms with Crippen molar-refractivity contribution in [2.75, 3.05) is 11.9 Å². The van der Waals surface area contributed by atoms with Gasteiger partial charge < -0.3 is 25.4 Å². The Bertz CT molecular complexity index is 766. The molecule has 1 atom stereocenters. The molecule has 0 spiro atoms. The molecular formula is C13H14N4O3S. The highest BCUT2D eigenvalue weighted by Gasteiger charge is 2.32. The van der Waals surface area contributed by atoms with Gasteiger partial charge in [0.15, 0.2) is 5.58 Å². The molecule has 8 heteroatoms. The molecule has 1 fully saturated rings. The fraction of sp³-hybridized carbons (Fsp3) is 0.308. The van der Waals surface area contributed by atoms with Gasteiger partial charge in [-0.3, -0.25) is 4.79 Å². The van der Waals surface area contributed by atoms with E-state index >= 15 is 0 Å². The third kappa shape index (κ3) is 2.62. The van der Waals surface area contributed by atoms with Crippen LogP contribution in [0.3, 0.4) is 0 Å². The van der Waals surface area contributed by atoms with Crippen LogP contribution in [-0.2, 0) is 4.79 Å². The van der Waals surface area contributed by atoms with Gasteiger partial charge in [-0.25, -0.2) is 4.79 Å². The summed E-state index contributed by atoms with van der Waals surface area (Å²) in [6, 6.07) is 4.11. The Kier molecular flexibility index (Phi) is 3.38. The second-order valence-electron chi connectivity index (χ2n) is 4.90. The number of hydrogen-bond donors (Lipinski definition) is 3. The molecule has 0 bridgehead atoms. The Morgan fingerprint density at radius 3 is 3.05 bits per heavy atom. The number of nitrogens with one attached hydrogen (secondary N) is 2. The Morgan fingerprint density at radius 1 is 1.48 bits per heavy atom. The maximum absolute atomic E-state index is 12.3. The van der Waals surface area contributed by atoms with E-state index in [2.05, 4.69) is 10.3 Å². The van der Waals surface area contributed by atoms with Crippen molar-refractivity contribution in [1.29, 1.82) is 0 Å². The van der Waals surface area contributed by atoms with E-state index in [1.807, 2.05) is 0 Å². The highest BCUT2D eigenvalue weighted by Crippen LogP contribution is 2.21. The number of likely N-dealkylation sites (tertiary alicyclic amines) is 1. The van der Waals surface area contributed by atoms with Crippen LogP contribution in [0.5, 0.6) is 0 Å². The summed E-state index contributed by atoms with van der Waals surface area (Å²) >= 11 is 4.91. The Morgan fingerprint density at radius 2 is 2.29 bits per heavy atom. The molecule has 7 nitrogen and oxygen atoms in total. The monoisotopic (exact) mass is 306 g/mol. The Labute approximate surface area is 125 Å². The lowest BCUT2D eigenvalue weighted by Gasteiger charge is -2.21. The molecule has 110 valence electrons. The lowest BCUT2D eigenvalue weighted by atomic mass is 10.2. The van der Waals surface area contributed by atoms with Crippen molar-refractivity contribution in [3.63, 3.8) is 0 Å². The van der Waals surface area contributed by atoms with Gasteiger partial charge in [0.25, 0.3) is 4.84 Å². The minimum Gasteiger partial charge on any atom is -0.429 e. The molecule has 4 N–H and O–H groups in total. The zero-order chi connectivity index (χ0) is 15.0. The predicted octanol–water partition coefficient (Wildman–Crippen LogP) is 1.97. The number of carbonyl (C=O) groups excluding carboxylic acids is 2. The molecule has 3 amide bonds. The standard InChI is InChI=1S/C13H14N4O3S/c14-12(19)17-5-1-2-9(17)11(18)15-7-3-4-8-10(6-7)20-13(21)16-8/h3-4,6,9H,1-2,5H2,(H2,14,19)(H,15,18)(H,16,21)/t9-/m0/s1. The molecule has 1 aliphatic rings. The van der Waals surface area contributed by atoms with Gasteiger partial charge in [-0.1, -0.05) is 0 Å². The van der Waals surface area contributed by atoms with Crippen molar-refractivity contribution in [3.05, 3.63) is 23.0 Å². The van der Waals surface area contributed by atoms with Crippen LogP contribution in [-0.4, -0.2) is 34.4 Å². The maximum Gasteiger partial charge on any atom is 0.315 e. The van der Waals surface area contributed by atoms with E-state index in [0.717, 1.165) is 11.9 Å². The first kappa shape index (κ1) is 13.6. The van der Waals surface area contributed by atoms with Gasteiger partial charge in [-0.05, 0) is 37.2 Å². The summed E-state index contributed by atoms with van der Waals surface area (Å²) in [7, 11) is 0. The average Bonchev–Trinajstić information content (AvgIpc) is 3.03. The molecule has 2 aromatic rings. The largest absolute Gasteiger partial charge is 0.429 e. The summed E-state index contributed by atoms with van der Waals surface area (Å²) in [5.41, 5.74) is 7.18. The highest BCUT2D eigenvalue weighted by molar-refractivity contribution is 7.71. The van der Waals surface area contributed by atoms with E-state index in [1.165, 1.54) is 4.90 Å². The summed E-state index contributed by atoms with van der Waals surface area (Å²) in [4.78, 5) is 28.1. The zero-order valence-corrected chi connectivity index (χ0v) is 11.9. The van der Waals surface area contributed by atoms with Crippen molar-refractivity contribution >= 4 is 40.9 Å². The number of carbonyl (C=O) groups is 2. The van der Waals surface area contributed by atoms with Crippen LogP contribution in [0.15, 0.2) is 22.6 Å². The fourth-order valence-electron chi connectivity index (χ4n) is 2.55. The topological polar surface area (TPSA) is 104 Å². The van der Waals surface area contributed by atoms with Crippen LogP contribution in [0.4, 0.5) is 10.5 Å². The van der Waals surface area contributed by atoms with Gasteiger partial charge in [0.05, 0.1) is 5.52 Å². The lowest BCUT2D eigenvalue weighted by Crippen LogP contribution is -2.45. The van der Waals surface area contributed by atoms with Crippen LogP contribution < -0.4 is 11.1 Å². The molecule has 3 rings (SSSR count). The zero-order valence-electron chi connectivity index (χ0n) is 11.1. The number of nitrogens with zero attached hydrogens (tertiary/aromatic N) is 1. The van der Waals surface area contributed by atoms with Crippen LogP contribution in [0.2, 0.25) is 0 Å². The minimum absolute atomic E-state index is 0.250. The van der Waals surface area contributed by atoms with E-state index < -0.39 is 12.1 Å². The first-order valence-corrected chi connectivity index (χ1v) is 6.95. The summed E-state index contributed by atoms with van der Waals surface area (Å²) in [5.74, 6) is -0.250. The van der Waals surface area contributed by atoms with Gasteiger partial charge in [0, 0.05) is 18.3 Å². The van der Waals surface area contributed by atoms with Crippen molar-refractivity contribution in [2.45, 2.75) is 18.9 Å². The molecule has 2 heterocycles. The number of nitrogens with two attached hydrogens (primary N) is 1. The summed E-state index contributed by atoms with van der Waals surface area (Å²) in [6.07, 6.45) is 1.38. The average molecular weight is 306 g/mol. The fourth-order valence-corrected chi connectivity index (χ4v) is 2.75. The van der Waals surface area contributed by atoms with Crippen molar-refractivity contribution < 1.29 is 14.0 Å². The van der Waals surface area contributed by atoms with E-state index in [0.29, 0.717) is 24.2 Å². The summed E-state index contributed by atoms with van der Waals surface area (Å²) in [5, 5.41) is 2.77. The van der Waals surface area contributed by atoms with E-state index in [-0.39, 0.29) is 10.7 Å². The molecule has 21 heavy (non-hydrogen) atoms. The number of hydrogen-bond acceptors (Lipinski definition) is 4. The van der Waals surface area contributed by atoms with Crippen LogP contribution in [0.1, 0.15) is 12.8 Å². The van der Waals surface area contributed by atoms with E-state index in [1.54, 1.807) is 18.2 Å². The molecule has 0 unspecified atom stereocenters. The number of anilines is 1. The molecule has 0 saturated carbocycles. The van der Waals surface area contributed by atoms with Gasteiger partial charge in [-0.2, -0.15) is 0 Å². The van der Waals surface area contributed by atoms with Crippen LogP contribution in [0, 0.1) is 4.84 Å². The second kappa shape index (κ2) is 5.21. The van der Waals surface area contributed by atoms with Crippen molar-refractivity contribution in [1.82, 2.24) is 9.88 Å². The molecule has 0 aliphatic carbocycles. The lowest BCUT2D eigenvalue weighted by molar-refractivity contribution is -0.119. The normalized spacial score (nSPS) is 18.1. The third-order valence-corrected chi connectivity index (χ3v) is 3.71. The molecule has 1 aliphatic heterocycles.